The Morgan fingerprint density at radius 2 is 2.05 bits per heavy atom. The molecule has 0 spiro atoms. The van der Waals surface area contributed by atoms with Crippen LogP contribution < -0.4 is 16.2 Å². The first-order valence-corrected chi connectivity index (χ1v) is 7.85. The molecule has 0 aliphatic heterocycles. The van der Waals surface area contributed by atoms with Gasteiger partial charge >= 0.3 is 0 Å². The van der Waals surface area contributed by atoms with Crippen LogP contribution in [0.15, 0.2) is 17.2 Å². The summed E-state index contributed by atoms with van der Waals surface area (Å²) in [5.74, 6) is 0.639. The van der Waals surface area contributed by atoms with Gasteiger partial charge in [0.25, 0.3) is 5.56 Å². The molecule has 1 aromatic heterocycles. The number of hydrogen-bond acceptors (Lipinski definition) is 4. The molecule has 1 heterocycles. The first-order valence-electron chi connectivity index (χ1n) is 7.85. The lowest BCUT2D eigenvalue weighted by Gasteiger charge is -2.29. The maximum absolute atomic E-state index is 12.6. The van der Waals surface area contributed by atoms with Gasteiger partial charge in [0, 0.05) is 31.0 Å². The molecule has 0 saturated heterocycles. The molecular weight excluding hydrogens is 252 g/mol. The van der Waals surface area contributed by atoms with Gasteiger partial charge in [0.2, 0.25) is 0 Å². The highest BCUT2D eigenvalue weighted by atomic mass is 16.1. The second kappa shape index (κ2) is 5.95. The van der Waals surface area contributed by atoms with Crippen LogP contribution in [0, 0.1) is 0 Å². The van der Waals surface area contributed by atoms with Crippen LogP contribution in [-0.2, 0) is 0 Å². The van der Waals surface area contributed by atoms with Gasteiger partial charge in [-0.2, -0.15) is 0 Å². The Hall–Kier alpha value is -1.36. The second-order valence-electron chi connectivity index (χ2n) is 5.97. The van der Waals surface area contributed by atoms with Crippen LogP contribution in [0.5, 0.6) is 0 Å². The van der Waals surface area contributed by atoms with E-state index in [2.05, 4.69) is 9.88 Å². The maximum Gasteiger partial charge on any atom is 0.293 e. The van der Waals surface area contributed by atoms with E-state index in [1.54, 1.807) is 6.20 Å². The Morgan fingerprint density at radius 3 is 2.70 bits per heavy atom. The van der Waals surface area contributed by atoms with Crippen LogP contribution in [0.25, 0.3) is 0 Å². The summed E-state index contributed by atoms with van der Waals surface area (Å²) in [6.07, 6.45) is 11.6. The van der Waals surface area contributed by atoms with Gasteiger partial charge in [-0.25, -0.2) is 4.98 Å². The lowest BCUT2D eigenvalue weighted by atomic mass is 10.2. The van der Waals surface area contributed by atoms with Crippen molar-refractivity contribution in [1.29, 1.82) is 0 Å². The third-order valence-electron chi connectivity index (χ3n) is 4.43. The fourth-order valence-corrected chi connectivity index (χ4v) is 3.19. The predicted molar refractivity (Wildman–Crippen MR) is 80.0 cm³/mol. The molecular formula is C15H24N4O. The van der Waals surface area contributed by atoms with E-state index in [0.717, 1.165) is 25.8 Å². The fourth-order valence-electron chi connectivity index (χ4n) is 3.19. The number of hydrogen-bond donors (Lipinski definition) is 1. The molecule has 5 heteroatoms. The van der Waals surface area contributed by atoms with Crippen molar-refractivity contribution in [1.82, 2.24) is 9.55 Å². The highest BCUT2D eigenvalue weighted by Gasteiger charge is 2.29. The molecule has 0 atom stereocenters. The zero-order chi connectivity index (χ0) is 13.9. The fraction of sp³-hybridized carbons (Fsp3) is 0.733. The molecule has 2 saturated carbocycles. The first kappa shape index (κ1) is 13.6. The lowest BCUT2D eigenvalue weighted by Crippen LogP contribution is -2.40. The minimum atomic E-state index is 0.0823. The highest BCUT2D eigenvalue weighted by molar-refractivity contribution is 5.38. The van der Waals surface area contributed by atoms with E-state index in [0.29, 0.717) is 24.4 Å². The molecule has 0 amide bonds. The maximum atomic E-state index is 12.6. The van der Waals surface area contributed by atoms with Crippen molar-refractivity contribution < 1.29 is 0 Å². The van der Waals surface area contributed by atoms with E-state index in [-0.39, 0.29) is 5.56 Å². The third-order valence-corrected chi connectivity index (χ3v) is 4.43. The number of aromatic nitrogens is 2. The first-order chi connectivity index (χ1) is 9.81. The summed E-state index contributed by atoms with van der Waals surface area (Å²) in [5.41, 5.74) is 5.73. The van der Waals surface area contributed by atoms with Crippen LogP contribution in [0.1, 0.15) is 51.0 Å². The van der Waals surface area contributed by atoms with Gasteiger partial charge in [-0.3, -0.25) is 4.79 Å². The van der Waals surface area contributed by atoms with Crippen LogP contribution in [0.4, 0.5) is 5.82 Å². The number of nitrogens with zero attached hydrogens (tertiary/aromatic N) is 3. The van der Waals surface area contributed by atoms with Gasteiger partial charge in [0.1, 0.15) is 0 Å². The van der Waals surface area contributed by atoms with Crippen molar-refractivity contribution in [2.24, 2.45) is 5.73 Å². The van der Waals surface area contributed by atoms with Crippen molar-refractivity contribution in [2.75, 3.05) is 18.0 Å². The minimum absolute atomic E-state index is 0.0823. The average Bonchev–Trinajstić information content (AvgIpc) is 3.16. The Balaban J connectivity index is 1.89. The molecule has 0 bridgehead atoms. The molecule has 5 nitrogen and oxygen atoms in total. The van der Waals surface area contributed by atoms with E-state index >= 15 is 0 Å². The Bertz CT molecular complexity index is 503. The molecule has 20 heavy (non-hydrogen) atoms. The van der Waals surface area contributed by atoms with E-state index in [1.807, 2.05) is 10.8 Å². The molecule has 0 aromatic carbocycles. The Labute approximate surface area is 119 Å². The lowest BCUT2D eigenvalue weighted by molar-refractivity contribution is 0.576. The van der Waals surface area contributed by atoms with Crippen LogP contribution in [0.2, 0.25) is 0 Å². The molecule has 0 radical (unpaired) electrons. The molecule has 0 unspecified atom stereocenters. The van der Waals surface area contributed by atoms with Gasteiger partial charge < -0.3 is 15.2 Å². The van der Waals surface area contributed by atoms with Crippen molar-refractivity contribution >= 4 is 5.82 Å². The molecule has 2 aliphatic carbocycles. The standard InChI is InChI=1S/C15H24N4O/c16-8-3-10-18(12-4-1-2-5-12)14-15(20)19(11-9-17-14)13-6-7-13/h9,11-13H,1-8,10,16H2. The average molecular weight is 276 g/mol. The highest BCUT2D eigenvalue weighted by Crippen LogP contribution is 2.33. The normalized spacial score (nSPS) is 19.4. The van der Waals surface area contributed by atoms with E-state index in [1.165, 1.54) is 25.7 Å². The van der Waals surface area contributed by atoms with E-state index in [9.17, 15) is 4.79 Å². The summed E-state index contributed by atoms with van der Waals surface area (Å²) in [4.78, 5) is 19.3. The second-order valence-corrected chi connectivity index (χ2v) is 5.97. The van der Waals surface area contributed by atoms with Gasteiger partial charge in [-0.1, -0.05) is 12.8 Å². The summed E-state index contributed by atoms with van der Waals surface area (Å²) >= 11 is 0. The minimum Gasteiger partial charge on any atom is -0.349 e. The zero-order valence-electron chi connectivity index (χ0n) is 12.0. The smallest absolute Gasteiger partial charge is 0.293 e. The number of anilines is 1. The van der Waals surface area contributed by atoms with E-state index in [4.69, 9.17) is 5.73 Å². The predicted octanol–water partition coefficient (Wildman–Crippen LogP) is 1.68. The largest absolute Gasteiger partial charge is 0.349 e. The monoisotopic (exact) mass is 276 g/mol. The zero-order valence-corrected chi connectivity index (χ0v) is 12.0. The summed E-state index contributed by atoms with van der Waals surface area (Å²) in [6.45, 7) is 1.50. The van der Waals surface area contributed by atoms with E-state index < -0.39 is 0 Å². The van der Waals surface area contributed by atoms with Gasteiger partial charge in [-0.05, 0) is 38.6 Å². The summed E-state index contributed by atoms with van der Waals surface area (Å²) in [5, 5.41) is 0. The molecule has 1 aromatic rings. The van der Waals surface area contributed by atoms with Gasteiger partial charge in [-0.15, -0.1) is 0 Å². The summed E-state index contributed by atoms with van der Waals surface area (Å²) in [7, 11) is 0. The summed E-state index contributed by atoms with van der Waals surface area (Å²) in [6, 6.07) is 0.876. The van der Waals surface area contributed by atoms with Crippen molar-refractivity contribution in [3.05, 3.63) is 22.7 Å². The molecule has 2 fully saturated rings. The van der Waals surface area contributed by atoms with Crippen molar-refractivity contribution in [3.8, 4) is 0 Å². The molecule has 3 rings (SSSR count). The van der Waals surface area contributed by atoms with Crippen LogP contribution in [-0.4, -0.2) is 28.7 Å². The topological polar surface area (TPSA) is 64.2 Å². The third kappa shape index (κ3) is 2.73. The van der Waals surface area contributed by atoms with Gasteiger partial charge in [0.05, 0.1) is 0 Å². The quantitative estimate of drug-likeness (QED) is 0.858. The summed E-state index contributed by atoms with van der Waals surface area (Å²) < 4.78 is 1.87. The van der Waals surface area contributed by atoms with Crippen LogP contribution >= 0.6 is 0 Å². The van der Waals surface area contributed by atoms with Gasteiger partial charge in [0.15, 0.2) is 5.82 Å². The number of nitrogens with two attached hydrogens (primary N) is 1. The SMILES string of the molecule is NCCCN(c1nccn(C2CC2)c1=O)C1CCCC1. The van der Waals surface area contributed by atoms with Crippen molar-refractivity contribution in [3.63, 3.8) is 0 Å². The Kier molecular flexibility index (Phi) is 4.05. The van der Waals surface area contributed by atoms with Crippen molar-refractivity contribution in [2.45, 2.75) is 57.0 Å². The number of rotatable bonds is 6. The Morgan fingerprint density at radius 1 is 1.30 bits per heavy atom. The molecule has 2 aliphatic rings. The molecule has 110 valence electrons. The van der Waals surface area contributed by atoms with Crippen LogP contribution in [0.3, 0.4) is 0 Å². The molecule has 2 N–H and O–H groups in total.